The van der Waals surface area contributed by atoms with E-state index in [0.29, 0.717) is 45.2 Å². The molecule has 1 heterocycles. The topological polar surface area (TPSA) is 266 Å². The number of amides is 3. The van der Waals surface area contributed by atoms with Gasteiger partial charge in [0.15, 0.2) is 11.9 Å². The van der Waals surface area contributed by atoms with E-state index in [1.165, 1.54) is 4.90 Å². The fraction of sp³-hybridized carbons (Fsp3) is 0.684. The maximum absolute atomic E-state index is 13.0. The first-order chi connectivity index (χ1) is 16.0. The fourth-order valence-corrected chi connectivity index (χ4v) is 3.49. The molecule has 15 heteroatoms. The number of carbonyl (C=O) groups is 4. The van der Waals surface area contributed by atoms with E-state index >= 15 is 0 Å². The number of carbonyl (C=O) groups excluding carboxylic acids is 3. The molecule has 1 rings (SSSR count). The van der Waals surface area contributed by atoms with Crippen LogP contribution >= 0.6 is 0 Å². The molecule has 0 radical (unpaired) electrons. The van der Waals surface area contributed by atoms with Gasteiger partial charge in [-0.1, -0.05) is 0 Å². The minimum Gasteiger partial charge on any atom is -0.480 e. The Bertz CT molecular complexity index is 762. The van der Waals surface area contributed by atoms with E-state index in [1.54, 1.807) is 0 Å². The maximum Gasteiger partial charge on any atom is 0.326 e. The zero-order chi connectivity index (χ0) is 25.7. The van der Waals surface area contributed by atoms with Crippen LogP contribution in [0.25, 0.3) is 0 Å². The van der Waals surface area contributed by atoms with E-state index in [0.717, 1.165) is 0 Å². The van der Waals surface area contributed by atoms with Gasteiger partial charge in [-0.05, 0) is 38.5 Å². The number of carboxylic acids is 1. The molecular formula is C19H36N10O5. The zero-order valence-corrected chi connectivity index (χ0v) is 19.1. The molecule has 0 unspecified atom stereocenters. The van der Waals surface area contributed by atoms with Crippen molar-refractivity contribution in [2.75, 3.05) is 26.2 Å². The molecule has 15 nitrogen and oxygen atoms in total. The average Bonchev–Trinajstić information content (AvgIpc) is 3.26. The Labute approximate surface area is 197 Å². The number of carboxylic acid groups (broad SMARTS) is 1. The molecule has 3 amide bonds. The lowest BCUT2D eigenvalue weighted by atomic mass is 10.1. The summed E-state index contributed by atoms with van der Waals surface area (Å²) in [5.41, 5.74) is 16.2. The van der Waals surface area contributed by atoms with Gasteiger partial charge in [0.05, 0.1) is 12.6 Å². The number of nitrogens with one attached hydrogen (secondary N) is 6. The highest BCUT2D eigenvalue weighted by Crippen LogP contribution is 2.19. The van der Waals surface area contributed by atoms with Gasteiger partial charge in [0, 0.05) is 19.6 Å². The second kappa shape index (κ2) is 14.5. The lowest BCUT2D eigenvalue weighted by Crippen LogP contribution is -2.54. The van der Waals surface area contributed by atoms with Crippen molar-refractivity contribution in [1.29, 1.82) is 10.8 Å². The molecule has 0 aromatic carbocycles. The van der Waals surface area contributed by atoms with Crippen molar-refractivity contribution in [3.05, 3.63) is 0 Å². The number of guanidine groups is 2. The van der Waals surface area contributed by atoms with Crippen molar-refractivity contribution in [1.82, 2.24) is 26.2 Å². The molecule has 13 N–H and O–H groups in total. The first-order valence-electron chi connectivity index (χ1n) is 11.0. The van der Waals surface area contributed by atoms with Crippen LogP contribution in [0.1, 0.15) is 38.5 Å². The molecule has 1 aliphatic rings. The van der Waals surface area contributed by atoms with Crippen LogP contribution in [0.5, 0.6) is 0 Å². The molecule has 192 valence electrons. The van der Waals surface area contributed by atoms with E-state index in [2.05, 4.69) is 21.3 Å². The minimum atomic E-state index is -1.10. The summed E-state index contributed by atoms with van der Waals surface area (Å²) < 4.78 is 0. The Morgan fingerprint density at radius 2 is 1.59 bits per heavy atom. The van der Waals surface area contributed by atoms with Gasteiger partial charge in [-0.2, -0.15) is 0 Å². The number of aliphatic carboxylic acids is 1. The summed E-state index contributed by atoms with van der Waals surface area (Å²) in [6.45, 7) is 0.544. The highest BCUT2D eigenvalue weighted by atomic mass is 16.4. The summed E-state index contributed by atoms with van der Waals surface area (Å²) in [6, 6.07) is -2.81. The first-order valence-corrected chi connectivity index (χ1v) is 11.0. The SMILES string of the molecule is N=C(N)NCCC[C@H](NC(=O)CNC(=O)[C@@H](N)CCCNC(=N)N)C(=O)N1CCC[C@H]1C(=O)O. The largest absolute Gasteiger partial charge is 0.480 e. The average molecular weight is 485 g/mol. The van der Waals surface area contributed by atoms with Crippen LogP contribution in [0.4, 0.5) is 0 Å². The number of nitrogens with zero attached hydrogens (tertiary/aromatic N) is 1. The van der Waals surface area contributed by atoms with Crippen molar-refractivity contribution in [2.45, 2.75) is 56.7 Å². The van der Waals surface area contributed by atoms with Gasteiger partial charge in [-0.3, -0.25) is 25.2 Å². The monoisotopic (exact) mass is 484 g/mol. The molecule has 34 heavy (non-hydrogen) atoms. The smallest absolute Gasteiger partial charge is 0.326 e. The van der Waals surface area contributed by atoms with Gasteiger partial charge >= 0.3 is 5.97 Å². The van der Waals surface area contributed by atoms with Crippen LogP contribution in [-0.2, 0) is 19.2 Å². The molecule has 1 fully saturated rings. The highest BCUT2D eigenvalue weighted by Gasteiger charge is 2.37. The van der Waals surface area contributed by atoms with E-state index in [1.807, 2.05) is 0 Å². The summed E-state index contributed by atoms with van der Waals surface area (Å²) in [7, 11) is 0. The Hall–Kier alpha value is -3.62. The number of hydrogen-bond donors (Lipinski definition) is 10. The van der Waals surface area contributed by atoms with Crippen molar-refractivity contribution >= 4 is 35.6 Å². The lowest BCUT2D eigenvalue weighted by molar-refractivity contribution is -0.149. The molecule has 0 bridgehead atoms. The molecule has 0 aliphatic carbocycles. The quantitative estimate of drug-likeness (QED) is 0.0660. The van der Waals surface area contributed by atoms with Crippen LogP contribution < -0.4 is 38.5 Å². The van der Waals surface area contributed by atoms with Crippen molar-refractivity contribution in [2.24, 2.45) is 17.2 Å². The predicted molar refractivity (Wildman–Crippen MR) is 124 cm³/mol. The second-order valence-corrected chi connectivity index (χ2v) is 7.94. The molecule has 0 saturated carbocycles. The standard InChI is InChI=1S/C19H36N10O5/c20-11(4-1-7-25-18(21)22)15(31)27-10-14(30)28-12(5-2-8-26-19(23)24)16(32)29-9-3-6-13(29)17(33)34/h11-13H,1-10,20H2,(H,27,31)(H,28,30)(H,33,34)(H4,21,22,25)(H4,23,24,26)/t11-,12-,13-/m0/s1. The summed E-state index contributed by atoms with van der Waals surface area (Å²) in [5.74, 6) is -3.19. The molecule has 0 aromatic heterocycles. The predicted octanol–water partition coefficient (Wildman–Crippen LogP) is -3.48. The van der Waals surface area contributed by atoms with Crippen molar-refractivity contribution in [3.63, 3.8) is 0 Å². The molecule has 3 atom stereocenters. The summed E-state index contributed by atoms with van der Waals surface area (Å²) in [5, 5.41) is 33.8. The minimum absolute atomic E-state index is 0.181. The Morgan fingerprint density at radius 1 is 1.00 bits per heavy atom. The van der Waals surface area contributed by atoms with Crippen LogP contribution in [0, 0.1) is 10.8 Å². The number of nitrogens with two attached hydrogens (primary N) is 3. The van der Waals surface area contributed by atoms with Gasteiger partial charge < -0.3 is 48.5 Å². The van der Waals surface area contributed by atoms with Gasteiger partial charge in [0.2, 0.25) is 17.7 Å². The van der Waals surface area contributed by atoms with Crippen molar-refractivity contribution < 1.29 is 24.3 Å². The molecule has 0 spiro atoms. The van der Waals surface area contributed by atoms with Gasteiger partial charge in [-0.25, -0.2) is 4.79 Å². The number of hydrogen-bond acceptors (Lipinski definition) is 7. The first kappa shape index (κ1) is 28.4. The lowest BCUT2D eigenvalue weighted by Gasteiger charge is -2.27. The molecule has 1 aliphatic heterocycles. The van der Waals surface area contributed by atoms with E-state index in [-0.39, 0.29) is 24.9 Å². The van der Waals surface area contributed by atoms with Crippen LogP contribution in [0.15, 0.2) is 0 Å². The molecule has 0 aromatic rings. The van der Waals surface area contributed by atoms with Crippen LogP contribution in [0.2, 0.25) is 0 Å². The van der Waals surface area contributed by atoms with E-state index in [4.69, 9.17) is 28.0 Å². The maximum atomic E-state index is 13.0. The normalized spacial score (nSPS) is 16.7. The van der Waals surface area contributed by atoms with Crippen molar-refractivity contribution in [3.8, 4) is 0 Å². The molecule has 1 saturated heterocycles. The summed E-state index contributed by atoms with van der Waals surface area (Å²) in [4.78, 5) is 50.2. The third-order valence-electron chi connectivity index (χ3n) is 5.21. The highest BCUT2D eigenvalue weighted by molar-refractivity contribution is 5.92. The second-order valence-electron chi connectivity index (χ2n) is 7.94. The third-order valence-corrected chi connectivity index (χ3v) is 5.21. The number of likely N-dealkylation sites (tertiary alicyclic amines) is 1. The third kappa shape index (κ3) is 10.3. The van der Waals surface area contributed by atoms with Gasteiger partial charge in [0.1, 0.15) is 12.1 Å². The van der Waals surface area contributed by atoms with E-state index in [9.17, 15) is 24.3 Å². The van der Waals surface area contributed by atoms with Gasteiger partial charge in [-0.15, -0.1) is 0 Å². The zero-order valence-electron chi connectivity index (χ0n) is 19.1. The number of rotatable bonds is 14. The summed E-state index contributed by atoms with van der Waals surface area (Å²) >= 11 is 0. The Kier molecular flexibility index (Phi) is 12.1. The van der Waals surface area contributed by atoms with Crippen LogP contribution in [-0.4, -0.2) is 89.9 Å². The van der Waals surface area contributed by atoms with Gasteiger partial charge in [0.25, 0.3) is 0 Å². The summed E-state index contributed by atoms with van der Waals surface area (Å²) in [6.07, 6.45) is 2.25. The van der Waals surface area contributed by atoms with E-state index < -0.39 is 48.4 Å². The van der Waals surface area contributed by atoms with Crippen LogP contribution in [0.3, 0.4) is 0 Å². The Morgan fingerprint density at radius 3 is 2.15 bits per heavy atom. The fourth-order valence-electron chi connectivity index (χ4n) is 3.49. The molecular weight excluding hydrogens is 448 g/mol. The Balaban J connectivity index is 2.62.